The zero-order chi connectivity index (χ0) is 11.6. The van der Waals surface area contributed by atoms with Crippen LogP contribution in [0.15, 0.2) is 12.1 Å². The van der Waals surface area contributed by atoms with E-state index in [2.05, 4.69) is 0 Å². The van der Waals surface area contributed by atoms with E-state index in [-0.39, 0.29) is 11.3 Å². The van der Waals surface area contributed by atoms with Crippen molar-refractivity contribution in [3.8, 4) is 5.75 Å². The summed E-state index contributed by atoms with van der Waals surface area (Å²) in [4.78, 5) is 11.5. The molecular weight excluding hydrogens is 226 g/mol. The van der Waals surface area contributed by atoms with E-state index < -0.39 is 22.8 Å². The molecule has 2 nitrogen and oxygen atoms in total. The van der Waals surface area contributed by atoms with Crippen molar-refractivity contribution in [1.29, 1.82) is 0 Å². The van der Waals surface area contributed by atoms with Gasteiger partial charge in [0.05, 0.1) is 18.1 Å². The monoisotopic (exact) mass is 234 g/mol. The molecule has 0 amide bonds. The van der Waals surface area contributed by atoms with E-state index in [0.717, 1.165) is 12.1 Å². The Hall–Kier alpha value is -1.16. The highest BCUT2D eigenvalue weighted by atomic mass is 35.5. The van der Waals surface area contributed by atoms with Crippen molar-refractivity contribution in [3.05, 3.63) is 29.3 Å². The van der Waals surface area contributed by atoms with Crippen molar-refractivity contribution < 1.29 is 18.3 Å². The molecule has 1 aromatic rings. The van der Waals surface area contributed by atoms with E-state index in [0.29, 0.717) is 0 Å². The molecule has 15 heavy (non-hydrogen) atoms. The number of ketones is 1. The van der Waals surface area contributed by atoms with Crippen LogP contribution in [-0.4, -0.2) is 18.3 Å². The second-order valence-corrected chi connectivity index (χ2v) is 3.60. The fraction of sp³-hybridized carbons (Fsp3) is 0.300. The first-order chi connectivity index (χ1) is 6.97. The van der Waals surface area contributed by atoms with Gasteiger partial charge in [-0.05, 0) is 13.0 Å². The van der Waals surface area contributed by atoms with E-state index in [1.54, 1.807) is 0 Å². The molecule has 5 heteroatoms. The van der Waals surface area contributed by atoms with Crippen molar-refractivity contribution in [1.82, 2.24) is 0 Å². The zero-order valence-electron chi connectivity index (χ0n) is 8.18. The minimum Gasteiger partial charge on any atom is -0.496 e. The second-order valence-electron chi connectivity index (χ2n) is 2.95. The summed E-state index contributed by atoms with van der Waals surface area (Å²) >= 11 is 5.56. The molecule has 82 valence electrons. The van der Waals surface area contributed by atoms with Crippen LogP contribution in [0.25, 0.3) is 0 Å². The molecule has 0 N–H and O–H groups in total. The minimum atomic E-state index is -1.10. The molecule has 0 heterocycles. The minimum absolute atomic E-state index is 0.0219. The molecule has 0 spiro atoms. The predicted octanol–water partition coefficient (Wildman–Crippen LogP) is 2.78. The van der Waals surface area contributed by atoms with Crippen molar-refractivity contribution in [2.45, 2.75) is 12.3 Å². The van der Waals surface area contributed by atoms with Crippen molar-refractivity contribution in [2.75, 3.05) is 7.11 Å². The second kappa shape index (κ2) is 4.57. The summed E-state index contributed by atoms with van der Waals surface area (Å²) in [5.74, 6) is -2.69. The van der Waals surface area contributed by atoms with Gasteiger partial charge in [0, 0.05) is 6.07 Å². The molecule has 0 aliphatic heterocycles. The van der Waals surface area contributed by atoms with E-state index in [1.165, 1.54) is 14.0 Å². The first-order valence-corrected chi connectivity index (χ1v) is 4.62. The summed E-state index contributed by atoms with van der Waals surface area (Å²) < 4.78 is 30.5. The van der Waals surface area contributed by atoms with Gasteiger partial charge < -0.3 is 4.74 Å². The van der Waals surface area contributed by atoms with Gasteiger partial charge in [-0.25, -0.2) is 8.78 Å². The molecule has 0 aliphatic rings. The number of Topliss-reactive ketones (excluding diaryl/α,β-unsaturated/α-hetero) is 1. The maximum absolute atomic E-state index is 12.9. The average molecular weight is 235 g/mol. The fourth-order valence-corrected chi connectivity index (χ4v) is 1.22. The molecule has 0 saturated heterocycles. The molecular formula is C10H9ClF2O2. The SMILES string of the molecule is COc1cc(F)c(F)cc1C(=O)C(C)Cl. The normalized spacial score (nSPS) is 12.3. The molecule has 0 aromatic heterocycles. The van der Waals surface area contributed by atoms with Gasteiger partial charge in [0.25, 0.3) is 0 Å². The number of benzene rings is 1. The third kappa shape index (κ3) is 2.45. The molecule has 1 aromatic carbocycles. The van der Waals surface area contributed by atoms with E-state index in [9.17, 15) is 13.6 Å². The molecule has 1 rings (SSSR count). The Kier molecular flexibility index (Phi) is 3.63. The number of ether oxygens (including phenoxy) is 1. The lowest BCUT2D eigenvalue weighted by atomic mass is 10.1. The highest BCUT2D eigenvalue weighted by molar-refractivity contribution is 6.33. The van der Waals surface area contributed by atoms with Crippen molar-refractivity contribution >= 4 is 17.4 Å². The topological polar surface area (TPSA) is 26.3 Å². The number of hydrogen-bond donors (Lipinski definition) is 0. The van der Waals surface area contributed by atoms with Crippen molar-refractivity contribution in [2.24, 2.45) is 0 Å². The number of rotatable bonds is 3. The third-order valence-electron chi connectivity index (χ3n) is 1.87. The van der Waals surface area contributed by atoms with Gasteiger partial charge in [-0.2, -0.15) is 0 Å². The van der Waals surface area contributed by atoms with Gasteiger partial charge >= 0.3 is 0 Å². The Morgan fingerprint density at radius 1 is 1.40 bits per heavy atom. The number of halogens is 3. The van der Waals surface area contributed by atoms with Gasteiger partial charge in [-0.15, -0.1) is 11.6 Å². The lowest BCUT2D eigenvalue weighted by Gasteiger charge is -2.09. The van der Waals surface area contributed by atoms with Gasteiger partial charge in [0.15, 0.2) is 17.4 Å². The summed E-state index contributed by atoms with van der Waals surface area (Å²) in [5.41, 5.74) is -0.0566. The number of carbonyl (C=O) groups is 1. The quantitative estimate of drug-likeness (QED) is 0.594. The Bertz CT molecular complexity index is 391. The summed E-state index contributed by atoms with van der Waals surface area (Å²) in [6, 6.07) is 1.61. The third-order valence-corrected chi connectivity index (χ3v) is 2.07. The maximum atomic E-state index is 12.9. The van der Waals surface area contributed by atoms with Crippen LogP contribution >= 0.6 is 11.6 Å². The summed E-state index contributed by atoms with van der Waals surface area (Å²) in [6.07, 6.45) is 0. The number of alkyl halides is 1. The largest absolute Gasteiger partial charge is 0.496 e. The van der Waals surface area contributed by atoms with E-state index in [4.69, 9.17) is 16.3 Å². The zero-order valence-corrected chi connectivity index (χ0v) is 8.94. The summed E-state index contributed by atoms with van der Waals surface area (Å²) in [5, 5.41) is -0.816. The van der Waals surface area contributed by atoms with Gasteiger partial charge in [0.1, 0.15) is 5.75 Å². The standard InChI is InChI=1S/C10H9ClF2O2/c1-5(11)10(14)6-3-7(12)8(13)4-9(6)15-2/h3-5H,1-2H3. The molecule has 1 unspecified atom stereocenters. The van der Waals surface area contributed by atoms with Gasteiger partial charge in [-0.3, -0.25) is 4.79 Å². The Morgan fingerprint density at radius 3 is 2.40 bits per heavy atom. The number of methoxy groups -OCH3 is 1. The van der Waals surface area contributed by atoms with Crippen LogP contribution in [0.1, 0.15) is 17.3 Å². The Balaban J connectivity index is 3.27. The molecule has 0 bridgehead atoms. The Morgan fingerprint density at radius 2 is 1.93 bits per heavy atom. The summed E-state index contributed by atoms with van der Waals surface area (Å²) in [7, 11) is 1.27. The first kappa shape index (κ1) is 11.9. The summed E-state index contributed by atoms with van der Waals surface area (Å²) in [6.45, 7) is 1.45. The number of carbonyl (C=O) groups excluding carboxylic acids is 1. The van der Waals surface area contributed by atoms with Crippen LogP contribution in [0.3, 0.4) is 0 Å². The van der Waals surface area contributed by atoms with Gasteiger partial charge in [0.2, 0.25) is 0 Å². The average Bonchev–Trinajstić information content (AvgIpc) is 2.20. The van der Waals surface area contributed by atoms with E-state index >= 15 is 0 Å². The highest BCUT2D eigenvalue weighted by Gasteiger charge is 2.20. The lowest BCUT2D eigenvalue weighted by molar-refractivity contribution is 0.0988. The molecule has 0 saturated carbocycles. The van der Waals surface area contributed by atoms with Crippen LogP contribution in [-0.2, 0) is 0 Å². The molecule has 1 atom stereocenters. The van der Waals surface area contributed by atoms with Crippen molar-refractivity contribution in [3.63, 3.8) is 0 Å². The molecule has 0 fully saturated rings. The smallest absolute Gasteiger partial charge is 0.184 e. The Labute approximate surface area is 90.8 Å². The maximum Gasteiger partial charge on any atom is 0.184 e. The van der Waals surface area contributed by atoms with Crippen LogP contribution in [0.4, 0.5) is 8.78 Å². The highest BCUT2D eigenvalue weighted by Crippen LogP contribution is 2.24. The fourth-order valence-electron chi connectivity index (χ4n) is 1.10. The molecule has 0 radical (unpaired) electrons. The first-order valence-electron chi connectivity index (χ1n) is 4.18. The van der Waals surface area contributed by atoms with Crippen LogP contribution in [0.2, 0.25) is 0 Å². The van der Waals surface area contributed by atoms with Gasteiger partial charge in [-0.1, -0.05) is 0 Å². The number of hydrogen-bond acceptors (Lipinski definition) is 2. The molecule has 0 aliphatic carbocycles. The predicted molar refractivity (Wildman–Crippen MR) is 52.6 cm³/mol. The van der Waals surface area contributed by atoms with Crippen LogP contribution < -0.4 is 4.74 Å². The van der Waals surface area contributed by atoms with Crippen LogP contribution in [0, 0.1) is 11.6 Å². The van der Waals surface area contributed by atoms with E-state index in [1.807, 2.05) is 0 Å². The lowest BCUT2D eigenvalue weighted by Crippen LogP contribution is -2.12. The van der Waals surface area contributed by atoms with Crippen LogP contribution in [0.5, 0.6) is 5.75 Å².